The lowest BCUT2D eigenvalue weighted by atomic mass is 9.81. The van der Waals surface area contributed by atoms with Crippen molar-refractivity contribution >= 4 is 18.3 Å². The molecule has 1 aliphatic carbocycles. The molecule has 1 saturated heterocycles. The third-order valence-corrected chi connectivity index (χ3v) is 4.47. The Balaban J connectivity index is 0.00000162. The molecule has 1 aliphatic heterocycles. The lowest BCUT2D eigenvalue weighted by molar-refractivity contribution is -0.141. The largest absolute Gasteiger partial charge is 0.345 e. The molecule has 1 unspecified atom stereocenters. The fourth-order valence-corrected chi connectivity index (χ4v) is 3.36. The van der Waals surface area contributed by atoms with E-state index in [1.165, 1.54) is 25.7 Å². The van der Waals surface area contributed by atoms with Crippen LogP contribution >= 0.6 is 12.4 Å². The molecule has 3 nitrogen and oxygen atoms in total. The Morgan fingerprint density at radius 2 is 2.00 bits per heavy atom. The monoisotopic (exact) mass is 274 g/mol. The van der Waals surface area contributed by atoms with Crippen molar-refractivity contribution in [3.8, 4) is 0 Å². The lowest BCUT2D eigenvalue weighted by Crippen LogP contribution is -2.49. The Hall–Kier alpha value is -0.280. The molecule has 1 atom stereocenters. The quantitative estimate of drug-likeness (QED) is 0.857. The number of piperidine rings is 1. The van der Waals surface area contributed by atoms with Crippen LogP contribution in [0.1, 0.15) is 45.4 Å². The molecule has 0 spiro atoms. The third kappa shape index (κ3) is 3.61. The number of halogens is 1. The molecule has 1 amide bonds. The molecule has 0 aromatic carbocycles. The van der Waals surface area contributed by atoms with E-state index < -0.39 is 0 Å². The number of carbonyl (C=O) groups excluding carboxylic acids is 1. The van der Waals surface area contributed by atoms with Crippen LogP contribution in [0.15, 0.2) is 0 Å². The molecule has 1 N–H and O–H groups in total. The predicted octanol–water partition coefficient (Wildman–Crippen LogP) is 2.45. The van der Waals surface area contributed by atoms with E-state index in [2.05, 4.69) is 12.2 Å². The van der Waals surface area contributed by atoms with Gasteiger partial charge in [0.05, 0.1) is 5.41 Å². The minimum absolute atomic E-state index is 0. The Morgan fingerprint density at radius 3 is 2.56 bits per heavy atom. The first-order valence-electron chi connectivity index (χ1n) is 7.08. The van der Waals surface area contributed by atoms with Gasteiger partial charge in [0.15, 0.2) is 0 Å². The van der Waals surface area contributed by atoms with Crippen molar-refractivity contribution in [3.63, 3.8) is 0 Å². The van der Waals surface area contributed by atoms with Crippen LogP contribution in [-0.4, -0.2) is 37.5 Å². The van der Waals surface area contributed by atoms with Crippen LogP contribution in [0.3, 0.4) is 0 Å². The molecule has 0 radical (unpaired) electrons. The maximum absolute atomic E-state index is 12.5. The molecular weight excluding hydrogens is 248 g/mol. The summed E-state index contributed by atoms with van der Waals surface area (Å²) in [5.41, 5.74) is -0.161. The van der Waals surface area contributed by atoms with E-state index in [1.54, 1.807) is 0 Å². The second-order valence-electron chi connectivity index (χ2n) is 6.18. The van der Waals surface area contributed by atoms with Crippen LogP contribution in [0.2, 0.25) is 0 Å². The first kappa shape index (κ1) is 15.8. The maximum atomic E-state index is 12.5. The number of hydrogen-bond acceptors (Lipinski definition) is 2. The Morgan fingerprint density at radius 1 is 1.33 bits per heavy atom. The minimum Gasteiger partial charge on any atom is -0.345 e. The highest BCUT2D eigenvalue weighted by Gasteiger charge is 2.37. The van der Waals surface area contributed by atoms with Crippen molar-refractivity contribution in [1.29, 1.82) is 0 Å². The number of rotatable bonds is 3. The maximum Gasteiger partial charge on any atom is 0.229 e. The van der Waals surface area contributed by atoms with Crippen LogP contribution in [0.25, 0.3) is 0 Å². The SMILES string of the molecule is CN(CC1CCCC1)C(=O)C1(C)CCCNC1.Cl. The highest BCUT2D eigenvalue weighted by Crippen LogP contribution is 2.30. The van der Waals surface area contributed by atoms with Gasteiger partial charge in [0, 0.05) is 20.1 Å². The molecule has 1 heterocycles. The predicted molar refractivity (Wildman–Crippen MR) is 77.1 cm³/mol. The van der Waals surface area contributed by atoms with Gasteiger partial charge in [0.1, 0.15) is 0 Å². The topological polar surface area (TPSA) is 32.3 Å². The van der Waals surface area contributed by atoms with Gasteiger partial charge in [-0.3, -0.25) is 4.79 Å². The molecule has 4 heteroatoms. The normalized spacial score (nSPS) is 28.8. The van der Waals surface area contributed by atoms with Crippen molar-refractivity contribution in [2.75, 3.05) is 26.7 Å². The van der Waals surface area contributed by atoms with Crippen LogP contribution in [0.5, 0.6) is 0 Å². The van der Waals surface area contributed by atoms with Crippen molar-refractivity contribution < 1.29 is 4.79 Å². The van der Waals surface area contributed by atoms with E-state index in [-0.39, 0.29) is 17.8 Å². The highest BCUT2D eigenvalue weighted by molar-refractivity contribution is 5.85. The van der Waals surface area contributed by atoms with Gasteiger partial charge in [-0.25, -0.2) is 0 Å². The molecule has 106 valence electrons. The average Bonchev–Trinajstić information content (AvgIpc) is 2.81. The van der Waals surface area contributed by atoms with Crippen LogP contribution in [0.4, 0.5) is 0 Å². The van der Waals surface area contributed by atoms with Crippen molar-refractivity contribution in [3.05, 3.63) is 0 Å². The summed E-state index contributed by atoms with van der Waals surface area (Å²) in [4.78, 5) is 14.5. The molecule has 0 aromatic heterocycles. The zero-order valence-electron chi connectivity index (χ0n) is 11.7. The van der Waals surface area contributed by atoms with Crippen LogP contribution in [0, 0.1) is 11.3 Å². The molecule has 1 saturated carbocycles. The molecule has 2 aliphatic rings. The minimum atomic E-state index is -0.161. The molecule has 2 fully saturated rings. The zero-order chi connectivity index (χ0) is 12.3. The van der Waals surface area contributed by atoms with Gasteiger partial charge in [-0.1, -0.05) is 12.8 Å². The van der Waals surface area contributed by atoms with Gasteiger partial charge >= 0.3 is 0 Å². The van der Waals surface area contributed by atoms with Crippen molar-refractivity contribution in [2.24, 2.45) is 11.3 Å². The molecular formula is C14H27ClN2O. The van der Waals surface area contributed by atoms with Gasteiger partial charge in [-0.05, 0) is 45.1 Å². The molecule has 2 rings (SSSR count). The summed E-state index contributed by atoms with van der Waals surface area (Å²) in [5.74, 6) is 1.10. The zero-order valence-corrected chi connectivity index (χ0v) is 12.5. The van der Waals surface area contributed by atoms with Gasteiger partial charge in [-0.2, -0.15) is 0 Å². The summed E-state index contributed by atoms with van der Waals surface area (Å²) in [6.07, 6.45) is 7.49. The summed E-state index contributed by atoms with van der Waals surface area (Å²) < 4.78 is 0. The Bertz CT molecular complexity index is 271. The Kier molecular flexibility index (Phi) is 5.93. The molecule has 0 aromatic rings. The third-order valence-electron chi connectivity index (χ3n) is 4.47. The highest BCUT2D eigenvalue weighted by atomic mass is 35.5. The van der Waals surface area contributed by atoms with E-state index in [0.717, 1.165) is 38.4 Å². The second kappa shape index (κ2) is 6.76. The van der Waals surface area contributed by atoms with Gasteiger partial charge in [0.2, 0.25) is 5.91 Å². The number of nitrogens with one attached hydrogen (secondary N) is 1. The molecule has 18 heavy (non-hydrogen) atoms. The smallest absolute Gasteiger partial charge is 0.229 e. The van der Waals surface area contributed by atoms with Crippen LogP contribution in [-0.2, 0) is 4.79 Å². The number of carbonyl (C=O) groups is 1. The molecule has 0 bridgehead atoms. The summed E-state index contributed by atoms with van der Waals surface area (Å²) in [5, 5.41) is 3.36. The first-order chi connectivity index (χ1) is 8.12. The first-order valence-corrected chi connectivity index (χ1v) is 7.08. The summed E-state index contributed by atoms with van der Waals surface area (Å²) in [6.45, 7) is 5.00. The van der Waals surface area contributed by atoms with Gasteiger partial charge in [0.25, 0.3) is 0 Å². The Labute approximate surface area is 117 Å². The van der Waals surface area contributed by atoms with Gasteiger partial charge in [-0.15, -0.1) is 12.4 Å². The van der Waals surface area contributed by atoms with E-state index in [0.29, 0.717) is 5.91 Å². The fraction of sp³-hybridized carbons (Fsp3) is 0.929. The van der Waals surface area contributed by atoms with E-state index in [9.17, 15) is 4.79 Å². The number of amides is 1. The van der Waals surface area contributed by atoms with E-state index in [4.69, 9.17) is 0 Å². The van der Waals surface area contributed by atoms with Crippen molar-refractivity contribution in [1.82, 2.24) is 10.2 Å². The standard InChI is InChI=1S/C14H26N2O.ClH/c1-14(8-5-9-15-11-14)13(17)16(2)10-12-6-3-4-7-12;/h12,15H,3-11H2,1-2H3;1H. The summed E-state index contributed by atoms with van der Waals surface area (Å²) >= 11 is 0. The summed E-state index contributed by atoms with van der Waals surface area (Å²) in [6, 6.07) is 0. The van der Waals surface area contributed by atoms with Crippen molar-refractivity contribution in [2.45, 2.75) is 45.4 Å². The number of hydrogen-bond donors (Lipinski definition) is 1. The van der Waals surface area contributed by atoms with Crippen LogP contribution < -0.4 is 5.32 Å². The second-order valence-corrected chi connectivity index (χ2v) is 6.18. The lowest BCUT2D eigenvalue weighted by Gasteiger charge is -2.36. The number of nitrogens with zero attached hydrogens (tertiary/aromatic N) is 1. The van der Waals surface area contributed by atoms with E-state index in [1.807, 2.05) is 11.9 Å². The van der Waals surface area contributed by atoms with Gasteiger partial charge < -0.3 is 10.2 Å². The average molecular weight is 275 g/mol. The van der Waals surface area contributed by atoms with E-state index >= 15 is 0 Å². The fourth-order valence-electron chi connectivity index (χ4n) is 3.36. The summed E-state index contributed by atoms with van der Waals surface area (Å²) in [7, 11) is 1.99.